The molecule has 8 heteroatoms. The van der Waals surface area contributed by atoms with E-state index in [1.165, 1.54) is 12.8 Å². The smallest absolute Gasteiger partial charge is 0.241 e. The van der Waals surface area contributed by atoms with Crippen molar-refractivity contribution in [1.29, 1.82) is 0 Å². The number of rotatable bonds is 7. The molecule has 150 valence electrons. The highest BCUT2D eigenvalue weighted by Gasteiger charge is 2.37. The van der Waals surface area contributed by atoms with E-state index in [-0.39, 0.29) is 0 Å². The van der Waals surface area contributed by atoms with Gasteiger partial charge in [-0.1, -0.05) is 6.92 Å². The van der Waals surface area contributed by atoms with Crippen molar-refractivity contribution < 1.29 is 4.74 Å². The number of aromatic nitrogens is 6. The Bertz CT molecular complexity index is 1190. The Kier molecular flexibility index (Phi) is 4.24. The molecule has 1 saturated carbocycles. The lowest BCUT2D eigenvalue weighted by Gasteiger charge is -2.10. The van der Waals surface area contributed by atoms with E-state index in [0.717, 1.165) is 46.9 Å². The molecule has 1 N–H and O–H groups in total. The molecular weight excluding hydrogens is 366 g/mol. The molecule has 0 amide bonds. The number of hydrogen-bond donors (Lipinski definition) is 1. The summed E-state index contributed by atoms with van der Waals surface area (Å²) in [6.45, 7) is 6.54. The summed E-state index contributed by atoms with van der Waals surface area (Å²) in [4.78, 5) is 14.0. The molecule has 0 saturated heterocycles. The van der Waals surface area contributed by atoms with E-state index in [4.69, 9.17) is 9.72 Å². The summed E-state index contributed by atoms with van der Waals surface area (Å²) in [6.07, 6.45) is 6.35. The molecule has 4 aromatic heterocycles. The first kappa shape index (κ1) is 18.1. The molecule has 0 atom stereocenters. The molecule has 0 unspecified atom stereocenters. The van der Waals surface area contributed by atoms with Crippen LogP contribution in [0, 0.1) is 12.3 Å². The van der Waals surface area contributed by atoms with Gasteiger partial charge in [-0.15, -0.1) is 5.10 Å². The van der Waals surface area contributed by atoms with Gasteiger partial charge >= 0.3 is 0 Å². The minimum absolute atomic E-state index is 0.406. The third-order valence-corrected chi connectivity index (χ3v) is 5.77. The number of ether oxygens (including phenoxy) is 1. The summed E-state index contributed by atoms with van der Waals surface area (Å²) < 4.78 is 9.19. The highest BCUT2D eigenvalue weighted by molar-refractivity contribution is 5.82. The zero-order chi connectivity index (χ0) is 20.0. The van der Waals surface area contributed by atoms with Crippen molar-refractivity contribution in [3.05, 3.63) is 36.4 Å². The first-order chi connectivity index (χ1) is 14.1. The van der Waals surface area contributed by atoms with Crippen molar-refractivity contribution in [2.24, 2.45) is 5.41 Å². The Morgan fingerprint density at radius 2 is 2.07 bits per heavy atom. The van der Waals surface area contributed by atoms with Crippen LogP contribution < -0.4 is 5.32 Å². The van der Waals surface area contributed by atoms with Gasteiger partial charge in [-0.2, -0.15) is 0 Å². The number of anilines is 1. The number of methoxy groups -OCH3 is 1. The lowest BCUT2D eigenvalue weighted by molar-refractivity contribution is 0.187. The molecule has 4 aromatic rings. The molecule has 0 bridgehead atoms. The maximum atomic E-state index is 5.23. The largest absolute Gasteiger partial charge is 0.383 e. The summed E-state index contributed by atoms with van der Waals surface area (Å²) in [7, 11) is 1.70. The van der Waals surface area contributed by atoms with Crippen LogP contribution in [0.4, 0.5) is 5.95 Å². The highest BCUT2D eigenvalue weighted by atomic mass is 16.5. The van der Waals surface area contributed by atoms with E-state index >= 15 is 0 Å². The Morgan fingerprint density at radius 1 is 1.21 bits per heavy atom. The number of aryl methyl sites for hydroxylation is 1. The van der Waals surface area contributed by atoms with Gasteiger partial charge in [0.2, 0.25) is 5.95 Å². The second-order valence-corrected chi connectivity index (χ2v) is 8.15. The fraction of sp³-hybridized carbons (Fsp3) is 0.429. The second kappa shape index (κ2) is 6.81. The maximum absolute atomic E-state index is 5.23. The van der Waals surface area contributed by atoms with Crippen LogP contribution in [0.1, 0.15) is 25.6 Å². The van der Waals surface area contributed by atoms with Crippen LogP contribution in [0.15, 0.2) is 30.6 Å². The molecule has 0 radical (unpaired) electrons. The van der Waals surface area contributed by atoms with Crippen molar-refractivity contribution in [1.82, 2.24) is 29.1 Å². The van der Waals surface area contributed by atoms with Crippen molar-refractivity contribution in [3.8, 4) is 11.3 Å². The van der Waals surface area contributed by atoms with Crippen LogP contribution in [0.3, 0.4) is 0 Å². The number of hydrogen-bond acceptors (Lipinski definition) is 6. The second-order valence-electron chi connectivity index (χ2n) is 8.15. The third-order valence-electron chi connectivity index (χ3n) is 5.77. The summed E-state index contributed by atoms with van der Waals surface area (Å²) in [6, 6.07) is 6.06. The zero-order valence-corrected chi connectivity index (χ0v) is 17.0. The average Bonchev–Trinajstić information content (AvgIpc) is 3.18. The number of fused-ring (bicyclic) bond motifs is 2. The predicted molar refractivity (Wildman–Crippen MR) is 112 cm³/mol. The topological polar surface area (TPSA) is 82.2 Å². The van der Waals surface area contributed by atoms with E-state index < -0.39 is 0 Å². The van der Waals surface area contributed by atoms with Crippen LogP contribution in [-0.2, 0) is 11.3 Å². The Morgan fingerprint density at radius 3 is 2.86 bits per heavy atom. The monoisotopic (exact) mass is 391 g/mol. The minimum Gasteiger partial charge on any atom is -0.383 e. The Hall–Kier alpha value is -3.00. The first-order valence-electron chi connectivity index (χ1n) is 9.98. The lowest BCUT2D eigenvalue weighted by atomic mass is 10.1. The normalized spacial score (nSPS) is 15.3. The minimum atomic E-state index is 0.406. The summed E-state index contributed by atoms with van der Waals surface area (Å²) >= 11 is 0. The SMILES string of the molecule is COCCn1c(C)nc2ccc(-c3ccn4nc(NCC5(C)CC5)ncc34)nc21. The van der Waals surface area contributed by atoms with E-state index in [2.05, 4.69) is 31.9 Å². The van der Waals surface area contributed by atoms with E-state index in [0.29, 0.717) is 18.0 Å². The van der Waals surface area contributed by atoms with E-state index in [1.54, 1.807) is 7.11 Å². The van der Waals surface area contributed by atoms with E-state index in [1.807, 2.05) is 42.0 Å². The van der Waals surface area contributed by atoms with Crippen LogP contribution in [0.25, 0.3) is 27.9 Å². The van der Waals surface area contributed by atoms with E-state index in [9.17, 15) is 0 Å². The molecule has 1 fully saturated rings. The van der Waals surface area contributed by atoms with Gasteiger partial charge in [-0.05, 0) is 43.4 Å². The zero-order valence-electron chi connectivity index (χ0n) is 17.0. The first-order valence-corrected chi connectivity index (χ1v) is 9.98. The number of nitrogens with zero attached hydrogens (tertiary/aromatic N) is 6. The summed E-state index contributed by atoms with van der Waals surface area (Å²) in [5, 5.41) is 7.97. The molecular formula is C21H25N7O. The highest BCUT2D eigenvalue weighted by Crippen LogP contribution is 2.44. The van der Waals surface area contributed by atoms with Gasteiger partial charge in [-0.3, -0.25) is 0 Å². The molecule has 8 nitrogen and oxygen atoms in total. The van der Waals surface area contributed by atoms with Crippen molar-refractivity contribution in [2.75, 3.05) is 25.6 Å². The van der Waals surface area contributed by atoms with Gasteiger partial charge in [0, 0.05) is 32.0 Å². The van der Waals surface area contributed by atoms with Crippen LogP contribution in [-0.4, -0.2) is 49.4 Å². The number of nitrogens with one attached hydrogen (secondary N) is 1. The predicted octanol–water partition coefficient (Wildman–Crippen LogP) is 3.31. The van der Waals surface area contributed by atoms with Crippen molar-refractivity contribution >= 4 is 22.6 Å². The van der Waals surface area contributed by atoms with Crippen molar-refractivity contribution in [2.45, 2.75) is 33.2 Å². The summed E-state index contributed by atoms with van der Waals surface area (Å²) in [5.41, 5.74) is 4.98. The summed E-state index contributed by atoms with van der Waals surface area (Å²) in [5.74, 6) is 1.59. The van der Waals surface area contributed by atoms with Gasteiger partial charge in [0.15, 0.2) is 5.65 Å². The van der Waals surface area contributed by atoms with Gasteiger partial charge in [-0.25, -0.2) is 19.5 Å². The molecule has 29 heavy (non-hydrogen) atoms. The molecule has 1 aliphatic rings. The van der Waals surface area contributed by atoms with Gasteiger partial charge in [0.25, 0.3) is 0 Å². The fourth-order valence-electron chi connectivity index (χ4n) is 3.60. The van der Waals surface area contributed by atoms with Crippen LogP contribution in [0.2, 0.25) is 0 Å². The standard InChI is InChI=1S/C21H25N7O/c1-14-24-17-5-4-16(25-19(17)27(14)10-11-29-3)15-6-9-28-18(15)12-22-20(26-28)23-13-21(2)7-8-21/h4-6,9,12H,7-8,10-11,13H2,1-3H3,(H,23,26). The Balaban J connectivity index is 1.48. The van der Waals surface area contributed by atoms with Gasteiger partial charge in [0.1, 0.15) is 11.3 Å². The molecule has 4 heterocycles. The molecule has 0 aliphatic heterocycles. The van der Waals surface area contributed by atoms with Crippen LogP contribution >= 0.6 is 0 Å². The number of pyridine rings is 1. The Labute approximate surface area is 168 Å². The maximum Gasteiger partial charge on any atom is 0.241 e. The fourth-order valence-corrected chi connectivity index (χ4v) is 3.60. The average molecular weight is 391 g/mol. The van der Waals surface area contributed by atoms with Gasteiger partial charge < -0.3 is 14.6 Å². The molecule has 1 aliphatic carbocycles. The lowest BCUT2D eigenvalue weighted by Crippen LogP contribution is -2.14. The number of imidazole rings is 1. The van der Waals surface area contributed by atoms with Crippen molar-refractivity contribution in [3.63, 3.8) is 0 Å². The quantitative estimate of drug-likeness (QED) is 0.520. The molecule has 0 aromatic carbocycles. The molecule has 5 rings (SSSR count). The molecule has 0 spiro atoms. The van der Waals surface area contributed by atoms with Crippen LogP contribution in [0.5, 0.6) is 0 Å². The third kappa shape index (κ3) is 3.33. The van der Waals surface area contributed by atoms with Gasteiger partial charge in [0.05, 0.1) is 24.0 Å².